The number of likely N-dealkylation sites (tertiary alicyclic amines) is 1. The van der Waals surface area contributed by atoms with Gasteiger partial charge in [-0.3, -0.25) is 4.79 Å². The molecule has 2 rings (SSSR count). The highest BCUT2D eigenvalue weighted by molar-refractivity contribution is 5.80. The summed E-state index contributed by atoms with van der Waals surface area (Å²) in [5.74, 6) is -0.998. The topological polar surface area (TPSA) is 84.7 Å². The molecule has 120 valence electrons. The van der Waals surface area contributed by atoms with Gasteiger partial charge < -0.3 is 20.7 Å². The number of hydrogen-bond acceptors (Lipinski definition) is 3. The van der Waals surface area contributed by atoms with Crippen LogP contribution in [0.4, 0.5) is 9.18 Å². The minimum absolute atomic E-state index is 0.158. The molecule has 1 heterocycles. The molecular formula is C15H20FN3O3. The smallest absolute Gasteiger partial charge is 0.317 e. The number of carbonyl (C=O) groups excluding carboxylic acids is 2. The molecule has 3 N–H and O–H groups in total. The van der Waals surface area contributed by atoms with Crippen LogP contribution >= 0.6 is 0 Å². The summed E-state index contributed by atoms with van der Waals surface area (Å²) >= 11 is 0. The Morgan fingerprint density at radius 3 is 2.77 bits per heavy atom. The molecule has 6 nitrogen and oxygen atoms in total. The Labute approximate surface area is 128 Å². The number of carbonyl (C=O) groups is 2. The van der Waals surface area contributed by atoms with Crippen LogP contribution in [0.15, 0.2) is 18.2 Å². The van der Waals surface area contributed by atoms with Crippen molar-refractivity contribution in [3.8, 4) is 5.75 Å². The quantitative estimate of drug-likeness (QED) is 0.882. The summed E-state index contributed by atoms with van der Waals surface area (Å²) in [5, 5.41) is 2.79. The molecule has 1 fully saturated rings. The Hall–Kier alpha value is -2.31. The first-order valence-electron chi connectivity index (χ1n) is 7.10. The predicted molar refractivity (Wildman–Crippen MR) is 78.8 cm³/mol. The number of urea groups is 1. The maximum atomic E-state index is 13.7. The van der Waals surface area contributed by atoms with E-state index in [0.29, 0.717) is 25.1 Å². The molecule has 1 aromatic rings. The minimum Gasteiger partial charge on any atom is -0.494 e. The number of nitrogens with zero attached hydrogens (tertiary/aromatic N) is 1. The zero-order chi connectivity index (χ0) is 16.3. The first kappa shape index (κ1) is 16.1. The van der Waals surface area contributed by atoms with Crippen LogP contribution in [0.3, 0.4) is 0 Å². The van der Waals surface area contributed by atoms with E-state index in [1.165, 1.54) is 19.2 Å². The number of amides is 3. The lowest BCUT2D eigenvalue weighted by atomic mass is 10.1. The number of nitrogens with one attached hydrogen (secondary N) is 1. The van der Waals surface area contributed by atoms with Gasteiger partial charge in [0.1, 0.15) is 0 Å². The van der Waals surface area contributed by atoms with E-state index in [-0.39, 0.29) is 29.6 Å². The molecule has 1 aliphatic heterocycles. The number of primary amides is 1. The largest absolute Gasteiger partial charge is 0.494 e. The first-order valence-corrected chi connectivity index (χ1v) is 7.10. The lowest BCUT2D eigenvalue weighted by Crippen LogP contribution is -2.40. The second-order valence-corrected chi connectivity index (χ2v) is 5.40. The molecule has 0 aromatic heterocycles. The van der Waals surface area contributed by atoms with Gasteiger partial charge in [-0.05, 0) is 31.0 Å². The fourth-order valence-electron chi connectivity index (χ4n) is 2.49. The highest BCUT2D eigenvalue weighted by Crippen LogP contribution is 2.22. The average Bonchev–Trinajstić information content (AvgIpc) is 2.97. The van der Waals surface area contributed by atoms with E-state index in [1.807, 2.05) is 0 Å². The fraction of sp³-hybridized carbons (Fsp3) is 0.467. The van der Waals surface area contributed by atoms with E-state index < -0.39 is 5.82 Å². The number of rotatable bonds is 4. The third-order valence-electron chi connectivity index (χ3n) is 3.89. The molecule has 22 heavy (non-hydrogen) atoms. The number of benzene rings is 1. The third kappa shape index (κ3) is 3.47. The van der Waals surface area contributed by atoms with Crippen LogP contribution in [0.25, 0.3) is 0 Å². The van der Waals surface area contributed by atoms with E-state index in [1.54, 1.807) is 17.9 Å². The summed E-state index contributed by atoms with van der Waals surface area (Å²) in [6.45, 7) is 2.58. The van der Waals surface area contributed by atoms with Gasteiger partial charge in [-0.2, -0.15) is 0 Å². The Morgan fingerprint density at radius 2 is 2.23 bits per heavy atom. The molecule has 0 aliphatic carbocycles. The molecule has 0 unspecified atom stereocenters. The van der Waals surface area contributed by atoms with Crippen molar-refractivity contribution in [2.45, 2.75) is 19.4 Å². The summed E-state index contributed by atoms with van der Waals surface area (Å²) in [4.78, 5) is 24.8. The van der Waals surface area contributed by atoms with Gasteiger partial charge in [0.05, 0.1) is 19.1 Å². The summed E-state index contributed by atoms with van der Waals surface area (Å²) in [6.07, 6.45) is 0.578. The van der Waals surface area contributed by atoms with E-state index in [4.69, 9.17) is 10.5 Å². The zero-order valence-corrected chi connectivity index (χ0v) is 12.6. The summed E-state index contributed by atoms with van der Waals surface area (Å²) in [6, 6.07) is 3.91. The number of ether oxygens (including phenoxy) is 1. The summed E-state index contributed by atoms with van der Waals surface area (Å²) < 4.78 is 18.6. The van der Waals surface area contributed by atoms with Crippen molar-refractivity contribution < 1.29 is 18.7 Å². The normalized spacial score (nSPS) is 18.9. The molecule has 0 saturated carbocycles. The molecule has 0 spiro atoms. The second kappa shape index (κ2) is 6.64. The van der Waals surface area contributed by atoms with Crippen LogP contribution in [0.2, 0.25) is 0 Å². The van der Waals surface area contributed by atoms with Gasteiger partial charge >= 0.3 is 6.03 Å². The predicted octanol–water partition coefficient (Wildman–Crippen LogP) is 1.41. The maximum Gasteiger partial charge on any atom is 0.317 e. The fourth-order valence-corrected chi connectivity index (χ4v) is 2.49. The SMILES string of the molecule is COc1ccc([C@H](C)NC(=O)N2CC[C@@H](C(N)=O)C2)cc1F. The molecular weight excluding hydrogens is 289 g/mol. The Morgan fingerprint density at radius 1 is 1.50 bits per heavy atom. The summed E-state index contributed by atoms with van der Waals surface area (Å²) in [5.41, 5.74) is 5.88. The van der Waals surface area contributed by atoms with Crippen molar-refractivity contribution in [2.24, 2.45) is 11.7 Å². The second-order valence-electron chi connectivity index (χ2n) is 5.40. The van der Waals surface area contributed by atoms with Crippen molar-refractivity contribution in [1.82, 2.24) is 10.2 Å². The van der Waals surface area contributed by atoms with Gasteiger partial charge in [0.2, 0.25) is 5.91 Å². The van der Waals surface area contributed by atoms with Crippen LogP contribution < -0.4 is 15.8 Å². The number of hydrogen-bond donors (Lipinski definition) is 2. The number of halogens is 1. The monoisotopic (exact) mass is 309 g/mol. The Bertz CT molecular complexity index is 579. The molecule has 7 heteroatoms. The minimum atomic E-state index is -0.476. The van der Waals surface area contributed by atoms with Crippen molar-refractivity contribution >= 4 is 11.9 Å². The molecule has 1 aliphatic rings. The lowest BCUT2D eigenvalue weighted by molar-refractivity contribution is -0.121. The first-order chi connectivity index (χ1) is 10.4. The van der Waals surface area contributed by atoms with Crippen LogP contribution in [0.5, 0.6) is 5.75 Å². The molecule has 1 aromatic carbocycles. The highest BCUT2D eigenvalue weighted by atomic mass is 19.1. The number of methoxy groups -OCH3 is 1. The molecule has 3 amide bonds. The van der Waals surface area contributed by atoms with Gasteiger partial charge in [0.25, 0.3) is 0 Å². The van der Waals surface area contributed by atoms with Crippen LogP contribution in [-0.4, -0.2) is 37.0 Å². The van der Waals surface area contributed by atoms with Crippen molar-refractivity contribution in [3.05, 3.63) is 29.6 Å². The maximum absolute atomic E-state index is 13.7. The average molecular weight is 309 g/mol. The van der Waals surface area contributed by atoms with Crippen molar-refractivity contribution in [1.29, 1.82) is 0 Å². The molecule has 1 saturated heterocycles. The Balaban J connectivity index is 1.97. The van der Waals surface area contributed by atoms with Crippen LogP contribution in [-0.2, 0) is 4.79 Å². The van der Waals surface area contributed by atoms with Crippen molar-refractivity contribution in [3.63, 3.8) is 0 Å². The summed E-state index contributed by atoms with van der Waals surface area (Å²) in [7, 11) is 1.39. The zero-order valence-electron chi connectivity index (χ0n) is 12.6. The Kier molecular flexibility index (Phi) is 4.85. The van der Waals surface area contributed by atoms with E-state index >= 15 is 0 Å². The van der Waals surface area contributed by atoms with Gasteiger partial charge in [-0.25, -0.2) is 9.18 Å². The lowest BCUT2D eigenvalue weighted by Gasteiger charge is -2.21. The standard InChI is InChI=1S/C15H20FN3O3/c1-9(10-3-4-13(22-2)12(16)7-10)18-15(21)19-6-5-11(8-19)14(17)20/h3-4,7,9,11H,5-6,8H2,1-2H3,(H2,17,20)(H,18,21)/t9-,11+/m0/s1. The molecule has 0 radical (unpaired) electrons. The van der Waals surface area contributed by atoms with Crippen LogP contribution in [0.1, 0.15) is 24.9 Å². The van der Waals surface area contributed by atoms with Gasteiger partial charge in [0.15, 0.2) is 11.6 Å². The van der Waals surface area contributed by atoms with Gasteiger partial charge in [0, 0.05) is 13.1 Å². The van der Waals surface area contributed by atoms with E-state index in [9.17, 15) is 14.0 Å². The number of nitrogens with two attached hydrogens (primary N) is 1. The van der Waals surface area contributed by atoms with Gasteiger partial charge in [-0.1, -0.05) is 6.07 Å². The molecule has 2 atom stereocenters. The van der Waals surface area contributed by atoms with Crippen molar-refractivity contribution in [2.75, 3.05) is 20.2 Å². The van der Waals surface area contributed by atoms with Gasteiger partial charge in [-0.15, -0.1) is 0 Å². The highest BCUT2D eigenvalue weighted by Gasteiger charge is 2.30. The molecule has 0 bridgehead atoms. The van der Waals surface area contributed by atoms with E-state index in [2.05, 4.69) is 5.32 Å². The third-order valence-corrected chi connectivity index (χ3v) is 3.89. The van der Waals surface area contributed by atoms with E-state index in [0.717, 1.165) is 0 Å². The van der Waals surface area contributed by atoms with Crippen LogP contribution in [0, 0.1) is 11.7 Å².